The van der Waals surface area contributed by atoms with Crippen molar-refractivity contribution in [2.75, 3.05) is 9.80 Å². The van der Waals surface area contributed by atoms with Crippen LogP contribution in [0.5, 0.6) is 0 Å². The van der Waals surface area contributed by atoms with Gasteiger partial charge in [0, 0.05) is 37.7 Å². The lowest BCUT2D eigenvalue weighted by molar-refractivity contribution is -0.128. The van der Waals surface area contributed by atoms with Gasteiger partial charge in [-0.15, -0.1) is 0 Å². The van der Waals surface area contributed by atoms with Crippen LogP contribution in [0.1, 0.15) is 55.3 Å². The van der Waals surface area contributed by atoms with Gasteiger partial charge in [0.1, 0.15) is 29.6 Å². The first-order chi connectivity index (χ1) is 19.7. The van der Waals surface area contributed by atoms with E-state index in [0.717, 1.165) is 0 Å². The van der Waals surface area contributed by atoms with Gasteiger partial charge in [0.2, 0.25) is 11.8 Å². The number of nitrogens with one attached hydrogen (secondary N) is 1. The fraction of sp³-hybridized carbons (Fsp3) is 0.300. The van der Waals surface area contributed by atoms with Crippen LogP contribution < -0.4 is 15.1 Å². The summed E-state index contributed by atoms with van der Waals surface area (Å²) in [6.07, 6.45) is 4.58. The highest BCUT2D eigenvalue weighted by Gasteiger charge is 2.46. The smallest absolute Gasteiger partial charge is 0.251 e. The Morgan fingerprint density at radius 1 is 1.12 bits per heavy atom. The lowest BCUT2D eigenvalue weighted by Gasteiger charge is -2.41. The highest BCUT2D eigenvalue weighted by Crippen LogP contribution is 2.37. The molecule has 3 aromatic rings. The van der Waals surface area contributed by atoms with Crippen molar-refractivity contribution in [3.05, 3.63) is 83.8 Å². The van der Waals surface area contributed by atoms with Gasteiger partial charge in [-0.05, 0) is 37.1 Å². The Labute approximate surface area is 236 Å². The number of rotatable bonds is 7. The molecule has 0 bridgehead atoms. The molecule has 5 rings (SSSR count). The third-order valence-electron chi connectivity index (χ3n) is 7.30. The zero-order valence-electron chi connectivity index (χ0n) is 22.2. The SMILES string of the molecule is CC1(F)CC(NC(=O)[C@H](c2ccccc2)N(C(=O)[C@@H]2CCC(=O)N2c2cc(C#N)ccn2)c2cncc(C#N)c2)C1. The molecule has 1 saturated heterocycles. The average molecular weight is 552 g/mol. The maximum atomic E-state index is 14.5. The minimum absolute atomic E-state index is 0.0541. The van der Waals surface area contributed by atoms with Crippen molar-refractivity contribution in [1.82, 2.24) is 15.3 Å². The fourth-order valence-electron chi connectivity index (χ4n) is 5.41. The number of pyridine rings is 2. The van der Waals surface area contributed by atoms with Gasteiger partial charge in [-0.3, -0.25) is 29.2 Å². The minimum atomic E-state index is -1.38. The Morgan fingerprint density at radius 3 is 2.54 bits per heavy atom. The molecule has 0 unspecified atom stereocenters. The fourth-order valence-corrected chi connectivity index (χ4v) is 5.41. The molecule has 1 aliphatic heterocycles. The van der Waals surface area contributed by atoms with E-state index in [-0.39, 0.29) is 54.2 Å². The Morgan fingerprint density at radius 2 is 1.85 bits per heavy atom. The van der Waals surface area contributed by atoms with Crippen LogP contribution in [0.25, 0.3) is 0 Å². The number of hydrogen-bond acceptors (Lipinski definition) is 7. The number of nitriles is 2. The molecular formula is C30H26FN7O3. The van der Waals surface area contributed by atoms with Crippen LogP contribution in [0, 0.1) is 22.7 Å². The summed E-state index contributed by atoms with van der Waals surface area (Å²) in [6.45, 7) is 1.47. The molecule has 2 aromatic heterocycles. The molecule has 3 amide bonds. The Hall–Kier alpha value is -5.16. The topological polar surface area (TPSA) is 143 Å². The van der Waals surface area contributed by atoms with E-state index >= 15 is 0 Å². The van der Waals surface area contributed by atoms with E-state index in [0.29, 0.717) is 5.56 Å². The summed E-state index contributed by atoms with van der Waals surface area (Å²) in [5, 5.41) is 21.8. The molecule has 1 aromatic carbocycles. The van der Waals surface area contributed by atoms with E-state index < -0.39 is 35.6 Å². The maximum absolute atomic E-state index is 14.5. The van der Waals surface area contributed by atoms with Crippen LogP contribution in [0.4, 0.5) is 15.9 Å². The van der Waals surface area contributed by atoms with Gasteiger partial charge < -0.3 is 5.32 Å². The average Bonchev–Trinajstić information content (AvgIpc) is 3.36. The molecule has 1 N–H and O–H groups in total. The normalized spacial score (nSPS) is 22.1. The largest absolute Gasteiger partial charge is 0.351 e. The minimum Gasteiger partial charge on any atom is -0.351 e. The summed E-state index contributed by atoms with van der Waals surface area (Å²) in [7, 11) is 0. The van der Waals surface area contributed by atoms with Gasteiger partial charge >= 0.3 is 0 Å². The first kappa shape index (κ1) is 27.4. The zero-order chi connectivity index (χ0) is 29.1. The van der Waals surface area contributed by atoms with Crippen LogP contribution in [-0.4, -0.2) is 45.4 Å². The number of hydrogen-bond donors (Lipinski definition) is 1. The number of alkyl halides is 1. The van der Waals surface area contributed by atoms with Gasteiger partial charge in [0.05, 0.1) is 29.1 Å². The summed E-state index contributed by atoms with van der Waals surface area (Å²) in [5.74, 6) is -1.34. The second-order valence-corrected chi connectivity index (χ2v) is 10.4. The Bertz CT molecular complexity index is 1570. The lowest BCUT2D eigenvalue weighted by atomic mass is 9.78. The third kappa shape index (κ3) is 5.61. The van der Waals surface area contributed by atoms with Crippen LogP contribution in [0.15, 0.2) is 67.1 Å². The molecule has 206 valence electrons. The number of nitrogens with zero attached hydrogens (tertiary/aromatic N) is 6. The van der Waals surface area contributed by atoms with Crippen molar-refractivity contribution in [1.29, 1.82) is 10.5 Å². The van der Waals surface area contributed by atoms with Crippen LogP contribution >= 0.6 is 0 Å². The first-order valence-electron chi connectivity index (χ1n) is 13.1. The molecule has 0 radical (unpaired) electrons. The highest BCUT2D eigenvalue weighted by atomic mass is 19.1. The second kappa shape index (κ2) is 11.1. The van der Waals surface area contributed by atoms with Gasteiger partial charge in [-0.2, -0.15) is 10.5 Å². The molecule has 3 heterocycles. The number of aromatic nitrogens is 2. The number of carbonyl (C=O) groups is 3. The summed E-state index contributed by atoms with van der Waals surface area (Å²) >= 11 is 0. The number of benzene rings is 1. The Balaban J connectivity index is 1.60. The Kier molecular flexibility index (Phi) is 7.45. The van der Waals surface area contributed by atoms with Gasteiger partial charge in [0.15, 0.2) is 0 Å². The molecular weight excluding hydrogens is 525 g/mol. The predicted octanol–water partition coefficient (Wildman–Crippen LogP) is 3.50. The number of carbonyl (C=O) groups excluding carboxylic acids is 3. The predicted molar refractivity (Wildman–Crippen MR) is 146 cm³/mol. The van der Waals surface area contributed by atoms with Crippen LogP contribution in [0.3, 0.4) is 0 Å². The molecule has 1 saturated carbocycles. The van der Waals surface area contributed by atoms with Gasteiger partial charge in [-0.25, -0.2) is 9.37 Å². The molecule has 0 spiro atoms. The third-order valence-corrected chi connectivity index (χ3v) is 7.30. The molecule has 2 atom stereocenters. The summed E-state index contributed by atoms with van der Waals surface area (Å²) in [6, 6.07) is 14.3. The van der Waals surface area contributed by atoms with E-state index in [2.05, 4.69) is 15.3 Å². The maximum Gasteiger partial charge on any atom is 0.251 e. The van der Waals surface area contributed by atoms with E-state index in [1.54, 1.807) is 30.3 Å². The van der Waals surface area contributed by atoms with Gasteiger partial charge in [-0.1, -0.05) is 30.3 Å². The van der Waals surface area contributed by atoms with Crippen molar-refractivity contribution in [3.63, 3.8) is 0 Å². The van der Waals surface area contributed by atoms with E-state index in [1.165, 1.54) is 53.5 Å². The standard InChI is InChI=1S/C30H26FN7O3/c1-30(31)13-22(14-30)36-28(40)27(21-5-3-2-4-6-21)37(23-11-20(16-33)17-34-18-23)29(41)24-7-8-26(39)38(24)25-12-19(15-32)9-10-35-25/h2-6,9-12,17-18,22,24,27H,7-8,13-14H2,1H3,(H,36,40)/t22?,24-,27-,30?/m0/s1. The molecule has 11 heteroatoms. The number of anilines is 2. The number of amides is 3. The molecule has 41 heavy (non-hydrogen) atoms. The molecule has 10 nitrogen and oxygen atoms in total. The van der Waals surface area contributed by atoms with E-state index in [1.807, 2.05) is 12.1 Å². The van der Waals surface area contributed by atoms with E-state index in [9.17, 15) is 29.3 Å². The first-order valence-corrected chi connectivity index (χ1v) is 13.1. The molecule has 1 aliphatic carbocycles. The van der Waals surface area contributed by atoms with Crippen molar-refractivity contribution < 1.29 is 18.8 Å². The van der Waals surface area contributed by atoms with Crippen molar-refractivity contribution in [2.24, 2.45) is 0 Å². The summed E-state index contributed by atoms with van der Waals surface area (Å²) in [5.41, 5.74) is -0.285. The monoisotopic (exact) mass is 551 g/mol. The van der Waals surface area contributed by atoms with Crippen LogP contribution in [-0.2, 0) is 14.4 Å². The van der Waals surface area contributed by atoms with Crippen LogP contribution in [0.2, 0.25) is 0 Å². The van der Waals surface area contributed by atoms with Crippen molar-refractivity contribution >= 4 is 29.2 Å². The quantitative estimate of drug-likeness (QED) is 0.473. The molecule has 2 fully saturated rings. The van der Waals surface area contributed by atoms with Gasteiger partial charge in [0.25, 0.3) is 5.91 Å². The zero-order valence-corrected chi connectivity index (χ0v) is 22.2. The second-order valence-electron chi connectivity index (χ2n) is 10.4. The summed E-state index contributed by atoms with van der Waals surface area (Å²) in [4.78, 5) is 52.3. The van der Waals surface area contributed by atoms with E-state index in [4.69, 9.17) is 0 Å². The molecule has 2 aliphatic rings. The summed E-state index contributed by atoms with van der Waals surface area (Å²) < 4.78 is 14.2. The number of halogens is 1. The lowest BCUT2D eigenvalue weighted by Crippen LogP contribution is -2.56. The van der Waals surface area contributed by atoms with Crippen molar-refractivity contribution in [3.8, 4) is 12.1 Å². The highest BCUT2D eigenvalue weighted by molar-refractivity contribution is 6.10. The van der Waals surface area contributed by atoms with Crippen molar-refractivity contribution in [2.45, 2.75) is 56.4 Å².